The highest BCUT2D eigenvalue weighted by Gasteiger charge is 2.28. The number of fused-ring (bicyclic) bond motifs is 1. The number of hydrogen-bond donors (Lipinski definition) is 0. The lowest BCUT2D eigenvalue weighted by molar-refractivity contribution is 0.0600. The Morgan fingerprint density at radius 2 is 1.72 bits per heavy atom. The van der Waals surface area contributed by atoms with Gasteiger partial charge in [-0.05, 0) is 61.2 Å². The van der Waals surface area contributed by atoms with Crippen LogP contribution in [0, 0.1) is 5.92 Å². The molecule has 1 aromatic heterocycles. The van der Waals surface area contributed by atoms with Gasteiger partial charge < -0.3 is 14.0 Å². The third-order valence-electron chi connectivity index (χ3n) is 6.30. The zero-order chi connectivity index (χ0) is 25.9. The summed E-state index contributed by atoms with van der Waals surface area (Å²) in [4.78, 5) is 29.9. The molecule has 3 aromatic rings. The molecule has 0 saturated carbocycles. The van der Waals surface area contributed by atoms with Crippen molar-refractivity contribution in [3.63, 3.8) is 0 Å². The molecule has 1 fully saturated rings. The first kappa shape index (κ1) is 26.2. The number of rotatable bonds is 7. The van der Waals surface area contributed by atoms with Crippen molar-refractivity contribution in [1.82, 2.24) is 8.87 Å². The van der Waals surface area contributed by atoms with Crippen molar-refractivity contribution in [2.45, 2.75) is 31.2 Å². The van der Waals surface area contributed by atoms with Gasteiger partial charge in [0.2, 0.25) is 10.0 Å². The third-order valence-corrected chi connectivity index (χ3v) is 9.26. The van der Waals surface area contributed by atoms with Gasteiger partial charge in [0.05, 0.1) is 34.4 Å². The standard InChI is InChI=1S/C25H29N3O6S2/c1-17-10-12-27(13-11-17)36(31,32)20-7-4-18(5-8-20)23(29)26-25-28(14-15-33-2)21-9-6-19(24(30)34-3)16-22(21)35-25/h4-9,16-17H,10-15H2,1-3H3. The molecule has 4 rings (SSSR count). The van der Waals surface area contributed by atoms with Crippen LogP contribution in [0.1, 0.15) is 40.5 Å². The fourth-order valence-electron chi connectivity index (χ4n) is 4.10. The monoisotopic (exact) mass is 531 g/mol. The van der Waals surface area contributed by atoms with E-state index in [0.717, 1.165) is 23.1 Å². The molecule has 0 spiro atoms. The lowest BCUT2D eigenvalue weighted by Crippen LogP contribution is -2.37. The average Bonchev–Trinajstić information content (AvgIpc) is 3.23. The van der Waals surface area contributed by atoms with Crippen molar-refractivity contribution in [2.24, 2.45) is 10.9 Å². The van der Waals surface area contributed by atoms with Gasteiger partial charge in [-0.1, -0.05) is 18.3 Å². The Morgan fingerprint density at radius 3 is 2.36 bits per heavy atom. The van der Waals surface area contributed by atoms with E-state index in [1.807, 2.05) is 4.57 Å². The first-order chi connectivity index (χ1) is 17.2. The van der Waals surface area contributed by atoms with E-state index in [-0.39, 0.29) is 10.5 Å². The molecule has 0 radical (unpaired) electrons. The van der Waals surface area contributed by atoms with Gasteiger partial charge in [0.1, 0.15) is 0 Å². The highest BCUT2D eigenvalue weighted by molar-refractivity contribution is 7.89. The van der Waals surface area contributed by atoms with Crippen LogP contribution in [0.15, 0.2) is 52.4 Å². The number of esters is 1. The van der Waals surface area contributed by atoms with Crippen LogP contribution < -0.4 is 4.80 Å². The molecule has 36 heavy (non-hydrogen) atoms. The third kappa shape index (κ3) is 5.44. The minimum Gasteiger partial charge on any atom is -0.465 e. The second-order valence-corrected chi connectivity index (χ2v) is 11.7. The molecule has 2 aromatic carbocycles. The predicted octanol–water partition coefficient (Wildman–Crippen LogP) is 3.30. The highest BCUT2D eigenvalue weighted by Crippen LogP contribution is 2.24. The van der Waals surface area contributed by atoms with E-state index in [4.69, 9.17) is 9.47 Å². The maximum Gasteiger partial charge on any atom is 0.337 e. The van der Waals surface area contributed by atoms with Gasteiger partial charge in [0.15, 0.2) is 4.80 Å². The second kappa shape index (κ2) is 11.0. The summed E-state index contributed by atoms with van der Waals surface area (Å²) in [6.07, 6.45) is 1.68. The Labute approximate surface area is 214 Å². The van der Waals surface area contributed by atoms with Gasteiger partial charge in [-0.2, -0.15) is 9.30 Å². The minimum absolute atomic E-state index is 0.168. The zero-order valence-corrected chi connectivity index (χ0v) is 22.1. The van der Waals surface area contributed by atoms with Crippen molar-refractivity contribution in [1.29, 1.82) is 0 Å². The quantitative estimate of drug-likeness (QED) is 0.433. The minimum atomic E-state index is -3.60. The number of carbonyl (C=O) groups excluding carboxylic acids is 2. The Morgan fingerprint density at radius 1 is 1.06 bits per heavy atom. The van der Waals surface area contributed by atoms with Gasteiger partial charge in [0, 0.05) is 32.3 Å². The van der Waals surface area contributed by atoms with Gasteiger partial charge in [-0.25, -0.2) is 13.2 Å². The number of piperidine rings is 1. The van der Waals surface area contributed by atoms with E-state index >= 15 is 0 Å². The summed E-state index contributed by atoms with van der Waals surface area (Å²) in [7, 11) is -0.685. The summed E-state index contributed by atoms with van der Waals surface area (Å²) >= 11 is 1.28. The number of methoxy groups -OCH3 is 2. The largest absolute Gasteiger partial charge is 0.465 e. The lowest BCUT2D eigenvalue weighted by atomic mass is 10.0. The molecular formula is C25H29N3O6S2. The molecule has 1 saturated heterocycles. The lowest BCUT2D eigenvalue weighted by Gasteiger charge is -2.29. The molecule has 11 heteroatoms. The van der Waals surface area contributed by atoms with Crippen LogP contribution >= 0.6 is 11.3 Å². The highest BCUT2D eigenvalue weighted by atomic mass is 32.2. The van der Waals surface area contributed by atoms with Crippen LogP contribution in [-0.4, -0.2) is 63.1 Å². The van der Waals surface area contributed by atoms with Crippen molar-refractivity contribution in [2.75, 3.05) is 33.9 Å². The fraction of sp³-hybridized carbons (Fsp3) is 0.400. The van der Waals surface area contributed by atoms with Gasteiger partial charge in [-0.15, -0.1) is 0 Å². The molecule has 1 amide bonds. The Balaban J connectivity index is 1.64. The van der Waals surface area contributed by atoms with Crippen LogP contribution in [0.4, 0.5) is 0 Å². The van der Waals surface area contributed by atoms with Crippen molar-refractivity contribution >= 4 is 43.5 Å². The first-order valence-electron chi connectivity index (χ1n) is 11.6. The number of benzene rings is 2. The van der Waals surface area contributed by atoms with E-state index < -0.39 is 21.9 Å². The molecule has 0 bridgehead atoms. The molecule has 0 aliphatic carbocycles. The number of amides is 1. The van der Waals surface area contributed by atoms with E-state index in [0.29, 0.717) is 42.5 Å². The smallest absolute Gasteiger partial charge is 0.337 e. The summed E-state index contributed by atoms with van der Waals surface area (Å²) in [6.45, 7) is 4.01. The number of carbonyl (C=O) groups is 2. The van der Waals surface area contributed by atoms with E-state index in [2.05, 4.69) is 11.9 Å². The summed E-state index contributed by atoms with van der Waals surface area (Å²) in [5.74, 6) is -0.417. The van der Waals surface area contributed by atoms with Crippen LogP contribution in [0.3, 0.4) is 0 Å². The average molecular weight is 532 g/mol. The second-order valence-electron chi connectivity index (χ2n) is 8.73. The zero-order valence-electron chi connectivity index (χ0n) is 20.5. The summed E-state index contributed by atoms with van der Waals surface area (Å²) in [6, 6.07) is 11.1. The fourth-order valence-corrected chi connectivity index (χ4v) is 6.66. The van der Waals surface area contributed by atoms with Crippen LogP contribution in [-0.2, 0) is 26.0 Å². The maximum absolute atomic E-state index is 13.0. The molecule has 1 aliphatic rings. The molecule has 1 aliphatic heterocycles. The van der Waals surface area contributed by atoms with Crippen molar-refractivity contribution in [3.8, 4) is 0 Å². The van der Waals surface area contributed by atoms with Crippen LogP contribution in [0.2, 0.25) is 0 Å². The van der Waals surface area contributed by atoms with E-state index in [1.54, 1.807) is 25.3 Å². The molecule has 0 atom stereocenters. The molecule has 0 N–H and O–H groups in total. The predicted molar refractivity (Wildman–Crippen MR) is 137 cm³/mol. The number of thiazole rings is 1. The SMILES string of the molecule is COCCn1c(=NC(=O)c2ccc(S(=O)(=O)N3CCC(C)CC3)cc2)sc2cc(C(=O)OC)ccc21. The number of hydrogen-bond acceptors (Lipinski definition) is 7. The van der Waals surface area contributed by atoms with Crippen molar-refractivity contribution < 1.29 is 27.5 Å². The number of sulfonamides is 1. The summed E-state index contributed by atoms with van der Waals surface area (Å²) in [5.41, 5.74) is 1.50. The van der Waals surface area contributed by atoms with Crippen molar-refractivity contribution in [3.05, 3.63) is 58.4 Å². The van der Waals surface area contributed by atoms with Gasteiger partial charge in [-0.3, -0.25) is 4.79 Å². The Kier molecular flexibility index (Phi) is 8.04. The first-order valence-corrected chi connectivity index (χ1v) is 13.9. The number of aromatic nitrogens is 1. The van der Waals surface area contributed by atoms with Gasteiger partial charge >= 0.3 is 5.97 Å². The van der Waals surface area contributed by atoms with E-state index in [1.165, 1.54) is 47.0 Å². The molecule has 0 unspecified atom stereocenters. The van der Waals surface area contributed by atoms with E-state index in [9.17, 15) is 18.0 Å². The van der Waals surface area contributed by atoms with Crippen LogP contribution in [0.25, 0.3) is 10.2 Å². The summed E-state index contributed by atoms with van der Waals surface area (Å²) in [5, 5.41) is 0. The molecule has 192 valence electrons. The molecule has 2 heterocycles. The van der Waals surface area contributed by atoms with Gasteiger partial charge in [0.25, 0.3) is 5.91 Å². The Hall–Kier alpha value is -2.86. The van der Waals surface area contributed by atoms with Crippen LogP contribution in [0.5, 0.6) is 0 Å². The normalized spacial score (nSPS) is 15.9. The topological polar surface area (TPSA) is 107 Å². The molecular weight excluding hydrogens is 502 g/mol. The summed E-state index contributed by atoms with van der Waals surface area (Å²) < 4.78 is 40.1. The maximum atomic E-state index is 13.0. The number of ether oxygens (including phenoxy) is 2. The Bertz CT molecular complexity index is 1430. The molecule has 9 nitrogen and oxygen atoms in total. The number of nitrogens with zero attached hydrogens (tertiary/aromatic N) is 3.